The van der Waals surface area contributed by atoms with Crippen LogP contribution in [0.15, 0.2) is 0 Å². The van der Waals surface area contributed by atoms with Crippen LogP contribution in [-0.2, 0) is 14.3 Å². The Morgan fingerprint density at radius 2 is 1.58 bits per heavy atom. The Morgan fingerprint density at radius 3 is 1.95 bits per heavy atom. The van der Waals surface area contributed by atoms with E-state index in [0.29, 0.717) is 6.61 Å². The van der Waals surface area contributed by atoms with Gasteiger partial charge in [0.05, 0.1) is 12.6 Å². The second-order valence-corrected chi connectivity index (χ2v) is 6.69. The Bertz CT molecular complexity index is 312. The summed E-state index contributed by atoms with van der Waals surface area (Å²) < 4.78 is 9.74. The highest BCUT2D eigenvalue weighted by atomic mass is 16.6. The fourth-order valence-corrected chi connectivity index (χ4v) is 1.49. The third-order valence-corrected chi connectivity index (χ3v) is 2.65. The molecule has 0 aliphatic heterocycles. The van der Waals surface area contributed by atoms with Crippen LogP contribution >= 0.6 is 0 Å². The van der Waals surface area contributed by atoms with Gasteiger partial charge in [-0.05, 0) is 5.41 Å². The zero-order chi connectivity index (χ0) is 15.3. The molecule has 0 aliphatic rings. The molecule has 0 fully saturated rings. The minimum absolute atomic E-state index is 0.0105. The summed E-state index contributed by atoms with van der Waals surface area (Å²) in [6.07, 6.45) is -0.588. The first-order valence-corrected chi connectivity index (χ1v) is 6.46. The molecular formula is C14H27NO4. The monoisotopic (exact) mass is 273 g/mol. The molecule has 5 heteroatoms. The molecule has 1 amide bonds. The summed E-state index contributed by atoms with van der Waals surface area (Å²) in [6, 6.07) is -0.581. The van der Waals surface area contributed by atoms with Gasteiger partial charge in [-0.15, -0.1) is 0 Å². The standard InChI is InChI=1S/C14H27NO4/c1-13(2,3)10(11(16)14(4,5)6)15-12(17)19-9-8-18-7/h10H,8-9H2,1-7H3,(H,15,17). The molecule has 19 heavy (non-hydrogen) atoms. The van der Waals surface area contributed by atoms with E-state index in [9.17, 15) is 9.59 Å². The molecule has 0 saturated heterocycles. The van der Waals surface area contributed by atoms with E-state index in [2.05, 4.69) is 5.32 Å². The van der Waals surface area contributed by atoms with E-state index in [0.717, 1.165) is 0 Å². The average Bonchev–Trinajstić information content (AvgIpc) is 2.22. The molecule has 0 bridgehead atoms. The lowest BCUT2D eigenvalue weighted by atomic mass is 9.76. The van der Waals surface area contributed by atoms with Crippen molar-refractivity contribution in [1.29, 1.82) is 0 Å². The van der Waals surface area contributed by atoms with E-state index < -0.39 is 17.6 Å². The minimum atomic E-state index is -0.588. The first kappa shape index (κ1) is 17.9. The second-order valence-electron chi connectivity index (χ2n) is 6.69. The number of hydrogen-bond acceptors (Lipinski definition) is 4. The molecular weight excluding hydrogens is 246 g/mol. The summed E-state index contributed by atoms with van der Waals surface area (Å²) >= 11 is 0. The Balaban J connectivity index is 4.72. The third-order valence-electron chi connectivity index (χ3n) is 2.65. The van der Waals surface area contributed by atoms with E-state index >= 15 is 0 Å². The normalized spacial score (nSPS) is 13.8. The SMILES string of the molecule is COCCOC(=O)NC(C(=O)C(C)(C)C)C(C)(C)C. The second kappa shape index (κ2) is 6.89. The predicted octanol–water partition coefficient (Wildman–Crippen LogP) is 2.39. The number of alkyl carbamates (subject to hydrolysis) is 1. The van der Waals surface area contributed by atoms with E-state index in [1.165, 1.54) is 7.11 Å². The van der Waals surface area contributed by atoms with Crippen LogP contribution in [0.1, 0.15) is 41.5 Å². The number of carbonyl (C=O) groups is 2. The van der Waals surface area contributed by atoms with Gasteiger partial charge >= 0.3 is 6.09 Å². The molecule has 112 valence electrons. The lowest BCUT2D eigenvalue weighted by Gasteiger charge is -2.34. The van der Waals surface area contributed by atoms with Crippen molar-refractivity contribution in [2.75, 3.05) is 20.3 Å². The van der Waals surface area contributed by atoms with Crippen molar-refractivity contribution in [2.24, 2.45) is 10.8 Å². The van der Waals surface area contributed by atoms with Gasteiger partial charge in [-0.2, -0.15) is 0 Å². The Labute approximate surface area is 116 Å². The molecule has 0 heterocycles. The van der Waals surface area contributed by atoms with Gasteiger partial charge in [0.25, 0.3) is 0 Å². The number of amides is 1. The summed E-state index contributed by atoms with van der Waals surface area (Å²) in [5.41, 5.74) is -0.887. The number of ketones is 1. The molecule has 5 nitrogen and oxygen atoms in total. The molecule has 0 rings (SSSR count). The molecule has 1 atom stereocenters. The predicted molar refractivity (Wildman–Crippen MR) is 74.1 cm³/mol. The topological polar surface area (TPSA) is 64.6 Å². The molecule has 0 saturated carbocycles. The van der Waals surface area contributed by atoms with Crippen LogP contribution in [0.4, 0.5) is 4.79 Å². The number of methoxy groups -OCH3 is 1. The zero-order valence-corrected chi connectivity index (χ0v) is 13.1. The van der Waals surface area contributed by atoms with Crippen LogP contribution in [0.5, 0.6) is 0 Å². The number of hydrogen-bond donors (Lipinski definition) is 1. The number of rotatable bonds is 5. The zero-order valence-electron chi connectivity index (χ0n) is 13.1. The van der Waals surface area contributed by atoms with Crippen molar-refractivity contribution in [2.45, 2.75) is 47.6 Å². The fraction of sp³-hybridized carbons (Fsp3) is 0.857. The number of carbonyl (C=O) groups excluding carboxylic acids is 2. The van der Waals surface area contributed by atoms with Crippen molar-refractivity contribution >= 4 is 11.9 Å². The summed E-state index contributed by atoms with van der Waals surface area (Å²) in [4.78, 5) is 24.0. The lowest BCUT2D eigenvalue weighted by Crippen LogP contribution is -2.52. The summed E-state index contributed by atoms with van der Waals surface area (Å²) in [5.74, 6) is -0.0105. The third kappa shape index (κ3) is 6.57. The van der Waals surface area contributed by atoms with E-state index in [1.54, 1.807) is 0 Å². The maximum Gasteiger partial charge on any atom is 0.407 e. The van der Waals surface area contributed by atoms with Gasteiger partial charge < -0.3 is 14.8 Å². The van der Waals surface area contributed by atoms with Crippen LogP contribution in [-0.4, -0.2) is 38.2 Å². The summed E-state index contributed by atoms with van der Waals surface area (Å²) in [6.45, 7) is 11.8. The molecule has 1 N–H and O–H groups in total. The van der Waals surface area contributed by atoms with Gasteiger partial charge in [0.1, 0.15) is 6.61 Å². The highest BCUT2D eigenvalue weighted by Crippen LogP contribution is 2.27. The molecule has 0 aliphatic carbocycles. The molecule has 0 radical (unpaired) electrons. The van der Waals surface area contributed by atoms with Crippen LogP contribution in [0.3, 0.4) is 0 Å². The Hall–Kier alpha value is -1.10. The maximum absolute atomic E-state index is 12.4. The summed E-state index contributed by atoms with van der Waals surface area (Å²) in [5, 5.41) is 2.66. The Morgan fingerprint density at radius 1 is 1.05 bits per heavy atom. The molecule has 0 spiro atoms. The van der Waals surface area contributed by atoms with Gasteiger partial charge in [0.2, 0.25) is 0 Å². The van der Waals surface area contributed by atoms with Crippen LogP contribution in [0.2, 0.25) is 0 Å². The summed E-state index contributed by atoms with van der Waals surface area (Å²) in [7, 11) is 1.53. The largest absolute Gasteiger partial charge is 0.447 e. The molecule has 0 aromatic heterocycles. The van der Waals surface area contributed by atoms with Gasteiger partial charge in [-0.1, -0.05) is 41.5 Å². The van der Waals surface area contributed by atoms with Gasteiger partial charge in [-0.3, -0.25) is 4.79 Å². The van der Waals surface area contributed by atoms with Crippen molar-refractivity contribution in [3.8, 4) is 0 Å². The highest BCUT2D eigenvalue weighted by Gasteiger charge is 2.38. The minimum Gasteiger partial charge on any atom is -0.447 e. The van der Waals surface area contributed by atoms with Crippen molar-refractivity contribution in [3.63, 3.8) is 0 Å². The Kier molecular flexibility index (Phi) is 6.49. The van der Waals surface area contributed by atoms with Gasteiger partial charge in [-0.25, -0.2) is 4.79 Å². The molecule has 1 unspecified atom stereocenters. The maximum atomic E-state index is 12.4. The van der Waals surface area contributed by atoms with Gasteiger partial charge in [0, 0.05) is 12.5 Å². The smallest absolute Gasteiger partial charge is 0.407 e. The van der Waals surface area contributed by atoms with Crippen molar-refractivity contribution < 1.29 is 19.1 Å². The first-order valence-electron chi connectivity index (χ1n) is 6.46. The van der Waals surface area contributed by atoms with Crippen LogP contribution in [0.25, 0.3) is 0 Å². The number of nitrogens with one attached hydrogen (secondary N) is 1. The van der Waals surface area contributed by atoms with Gasteiger partial charge in [0.15, 0.2) is 5.78 Å². The first-order chi connectivity index (χ1) is 8.50. The van der Waals surface area contributed by atoms with Crippen LogP contribution < -0.4 is 5.32 Å². The van der Waals surface area contributed by atoms with E-state index in [4.69, 9.17) is 9.47 Å². The molecule has 0 aromatic carbocycles. The lowest BCUT2D eigenvalue weighted by molar-refractivity contribution is -0.130. The molecule has 0 aromatic rings. The van der Waals surface area contributed by atoms with Crippen molar-refractivity contribution in [1.82, 2.24) is 5.32 Å². The number of ether oxygens (including phenoxy) is 2. The number of Topliss-reactive ketones (excluding diaryl/α,β-unsaturated/α-hetero) is 1. The quantitative estimate of drug-likeness (QED) is 0.781. The fourth-order valence-electron chi connectivity index (χ4n) is 1.49. The van der Waals surface area contributed by atoms with E-state index in [-0.39, 0.29) is 17.8 Å². The average molecular weight is 273 g/mol. The van der Waals surface area contributed by atoms with Crippen molar-refractivity contribution in [3.05, 3.63) is 0 Å². The van der Waals surface area contributed by atoms with Crippen LogP contribution in [0, 0.1) is 10.8 Å². The van der Waals surface area contributed by atoms with E-state index in [1.807, 2.05) is 41.5 Å². The highest BCUT2D eigenvalue weighted by molar-refractivity contribution is 5.91.